The molecule has 0 radical (unpaired) electrons. The maximum absolute atomic E-state index is 14.7. The third-order valence-corrected chi connectivity index (χ3v) is 7.47. The Hall–Kier alpha value is -2.85. The highest BCUT2D eigenvalue weighted by Crippen LogP contribution is 2.72. The van der Waals surface area contributed by atoms with Crippen molar-refractivity contribution in [1.29, 1.82) is 0 Å². The van der Waals surface area contributed by atoms with Gasteiger partial charge in [-0.25, -0.2) is 22.4 Å². The topological polar surface area (TPSA) is 90.0 Å². The first-order valence-electron chi connectivity index (χ1n) is 10.4. The van der Waals surface area contributed by atoms with Gasteiger partial charge in [0.1, 0.15) is 11.6 Å². The number of hydrogen-bond donors (Lipinski definition) is 2. The summed E-state index contributed by atoms with van der Waals surface area (Å²) in [5.74, 6) is -4.15. The third-order valence-electron chi connectivity index (χ3n) is 7.47. The fraction of sp³-hybridized carbons (Fsp3) is 0.571. The number of carbonyl (C=O) groups is 3. The number of anilines is 1. The van der Waals surface area contributed by atoms with Crippen LogP contribution in [0.3, 0.4) is 0 Å². The summed E-state index contributed by atoms with van der Waals surface area (Å²) in [6, 6.07) is 1.73. The summed E-state index contributed by atoms with van der Waals surface area (Å²) in [5.41, 5.74) is -2.01. The van der Waals surface area contributed by atoms with Crippen molar-refractivity contribution in [3.05, 3.63) is 29.3 Å². The Kier molecular flexibility index (Phi) is 4.48. The van der Waals surface area contributed by atoms with Gasteiger partial charge in [0.25, 0.3) is 0 Å². The summed E-state index contributed by atoms with van der Waals surface area (Å²) in [4.78, 5) is 38.0. The van der Waals surface area contributed by atoms with Crippen molar-refractivity contribution >= 4 is 23.6 Å². The van der Waals surface area contributed by atoms with Crippen LogP contribution in [0.2, 0.25) is 0 Å². The summed E-state index contributed by atoms with van der Waals surface area (Å²) in [6.07, 6.45) is -3.21. The van der Waals surface area contributed by atoms with Crippen LogP contribution in [0.25, 0.3) is 0 Å². The average molecular weight is 455 g/mol. The second-order valence-electron chi connectivity index (χ2n) is 9.46. The fourth-order valence-electron chi connectivity index (χ4n) is 5.93. The number of amides is 3. The highest BCUT2D eigenvalue weighted by atomic mass is 19.3. The molecular weight excluding hydrogens is 434 g/mol. The maximum atomic E-state index is 14.7. The zero-order valence-corrected chi connectivity index (χ0v) is 16.9. The zero-order valence-electron chi connectivity index (χ0n) is 16.9. The van der Waals surface area contributed by atoms with E-state index in [2.05, 4.69) is 5.32 Å². The second kappa shape index (κ2) is 6.82. The molecule has 2 saturated heterocycles. The molecule has 3 amide bonds. The lowest BCUT2D eigenvalue weighted by Crippen LogP contribution is -2.81. The summed E-state index contributed by atoms with van der Waals surface area (Å²) >= 11 is 0. The van der Waals surface area contributed by atoms with Crippen LogP contribution in [0.1, 0.15) is 43.6 Å². The van der Waals surface area contributed by atoms with Gasteiger partial charge >= 0.3 is 6.09 Å². The zero-order chi connectivity index (χ0) is 23.0. The fourth-order valence-corrected chi connectivity index (χ4v) is 5.93. The Bertz CT molecular complexity index is 984. The van der Waals surface area contributed by atoms with Crippen LogP contribution in [-0.2, 0) is 9.59 Å². The van der Waals surface area contributed by atoms with E-state index in [4.69, 9.17) is 0 Å². The van der Waals surface area contributed by atoms with E-state index in [0.717, 1.165) is 12.1 Å². The van der Waals surface area contributed by atoms with Crippen molar-refractivity contribution in [2.24, 2.45) is 5.41 Å². The molecule has 2 bridgehead atoms. The average Bonchev–Trinajstić information content (AvgIpc) is 2.57. The van der Waals surface area contributed by atoms with Crippen molar-refractivity contribution in [1.82, 2.24) is 10.2 Å². The van der Waals surface area contributed by atoms with Gasteiger partial charge in [-0.3, -0.25) is 19.8 Å². The molecular formula is C21H21F4N3O4. The minimum atomic E-state index is -2.47. The Morgan fingerprint density at radius 2 is 1.75 bits per heavy atom. The first-order chi connectivity index (χ1) is 15.0. The van der Waals surface area contributed by atoms with Crippen LogP contribution in [0.15, 0.2) is 12.1 Å². The highest BCUT2D eigenvalue weighted by Gasteiger charge is 2.76. The van der Waals surface area contributed by atoms with Gasteiger partial charge in [-0.2, -0.15) is 0 Å². The van der Waals surface area contributed by atoms with E-state index in [-0.39, 0.29) is 50.9 Å². The molecule has 2 N–H and O–H groups in total. The summed E-state index contributed by atoms with van der Waals surface area (Å²) in [6.45, 7) is 0.374. The van der Waals surface area contributed by atoms with Gasteiger partial charge in [-0.1, -0.05) is 0 Å². The lowest BCUT2D eigenvalue weighted by molar-refractivity contribution is -0.271. The minimum Gasteiger partial charge on any atom is -0.465 e. The monoisotopic (exact) mass is 455 g/mol. The molecule has 0 spiro atoms. The molecule has 3 saturated carbocycles. The smallest absolute Gasteiger partial charge is 0.408 e. The van der Waals surface area contributed by atoms with E-state index in [1.165, 1.54) is 4.90 Å². The number of piperidine rings is 1. The number of nitrogens with zero attached hydrogens (tertiary/aromatic N) is 2. The maximum Gasteiger partial charge on any atom is 0.408 e. The predicted molar refractivity (Wildman–Crippen MR) is 102 cm³/mol. The Balaban J connectivity index is 1.28. The van der Waals surface area contributed by atoms with E-state index in [1.807, 2.05) is 0 Å². The van der Waals surface area contributed by atoms with E-state index >= 15 is 0 Å². The number of rotatable bonds is 5. The van der Waals surface area contributed by atoms with E-state index < -0.39 is 64.4 Å². The number of alkyl halides is 2. The first-order valence-corrected chi connectivity index (χ1v) is 10.4. The van der Waals surface area contributed by atoms with Crippen molar-refractivity contribution < 1.29 is 37.1 Å². The predicted octanol–water partition coefficient (Wildman–Crippen LogP) is 2.84. The van der Waals surface area contributed by atoms with Gasteiger partial charge in [0.05, 0.1) is 12.0 Å². The highest BCUT2D eigenvalue weighted by molar-refractivity contribution is 6.01. The molecule has 7 nitrogen and oxygen atoms in total. The van der Waals surface area contributed by atoms with Crippen LogP contribution in [-0.4, -0.2) is 59.0 Å². The Morgan fingerprint density at radius 3 is 2.25 bits per heavy atom. The molecule has 1 unspecified atom stereocenters. The molecule has 1 aromatic carbocycles. The number of hydrogen-bond acceptors (Lipinski definition) is 4. The van der Waals surface area contributed by atoms with Gasteiger partial charge in [0.2, 0.25) is 18.2 Å². The first kappa shape index (κ1) is 21.0. The number of carbonyl (C=O) groups excluding carboxylic acids is 2. The number of benzene rings is 1. The molecule has 1 aromatic rings. The summed E-state index contributed by atoms with van der Waals surface area (Å²) in [7, 11) is 0. The van der Waals surface area contributed by atoms with Gasteiger partial charge < -0.3 is 10.0 Å². The van der Waals surface area contributed by atoms with E-state index in [1.54, 1.807) is 4.90 Å². The third kappa shape index (κ3) is 2.89. The van der Waals surface area contributed by atoms with Crippen LogP contribution in [0.4, 0.5) is 28.0 Å². The quantitative estimate of drug-likeness (QED) is 0.527. The number of carboxylic acid groups (broad SMARTS) is 1. The normalized spacial score (nSPS) is 31.5. The second-order valence-corrected chi connectivity index (χ2v) is 9.46. The largest absolute Gasteiger partial charge is 0.465 e. The van der Waals surface area contributed by atoms with E-state index in [9.17, 15) is 37.1 Å². The number of imide groups is 1. The molecule has 5 aliphatic rings. The standard InChI is InChI=1S/C21H21F4N3O4/c22-13-3-10(4-14(23)16(13)12-1-2-15(29)26-17(12)30)27-5-11(6-27)28(19(31)32)21-7-20(8-21,9-21)18(24)25/h3-4,11-12,18H,1-2,5-9H2,(H,31,32)(H,26,29,30). The van der Waals surface area contributed by atoms with Crippen molar-refractivity contribution in [3.8, 4) is 0 Å². The van der Waals surface area contributed by atoms with Gasteiger partial charge in [0, 0.05) is 41.7 Å². The molecule has 6 rings (SSSR count). The lowest BCUT2D eigenvalue weighted by Gasteiger charge is -2.74. The molecule has 172 valence electrons. The van der Waals surface area contributed by atoms with Gasteiger partial charge in [-0.05, 0) is 37.8 Å². The van der Waals surface area contributed by atoms with Crippen molar-refractivity contribution in [2.75, 3.05) is 18.0 Å². The molecule has 32 heavy (non-hydrogen) atoms. The van der Waals surface area contributed by atoms with Gasteiger partial charge in [-0.15, -0.1) is 0 Å². The van der Waals surface area contributed by atoms with Crippen LogP contribution in [0, 0.1) is 17.0 Å². The molecule has 2 heterocycles. The van der Waals surface area contributed by atoms with E-state index in [0.29, 0.717) is 0 Å². The summed E-state index contributed by atoms with van der Waals surface area (Å²) in [5, 5.41) is 11.7. The number of nitrogens with one attached hydrogen (secondary N) is 1. The molecule has 11 heteroatoms. The summed E-state index contributed by atoms with van der Waals surface area (Å²) < 4.78 is 55.7. The van der Waals surface area contributed by atoms with Crippen LogP contribution >= 0.6 is 0 Å². The Labute approximate surface area is 180 Å². The molecule has 2 aliphatic heterocycles. The molecule has 5 fully saturated rings. The number of halogens is 4. The molecule has 1 atom stereocenters. The van der Waals surface area contributed by atoms with Crippen molar-refractivity contribution in [2.45, 2.75) is 56.0 Å². The molecule has 3 aliphatic carbocycles. The minimum absolute atomic E-state index is 0.00946. The van der Waals surface area contributed by atoms with Crippen LogP contribution < -0.4 is 10.2 Å². The van der Waals surface area contributed by atoms with Crippen molar-refractivity contribution in [3.63, 3.8) is 0 Å². The Morgan fingerprint density at radius 1 is 1.16 bits per heavy atom. The molecule has 0 aromatic heterocycles. The lowest BCUT2D eigenvalue weighted by atomic mass is 9.38. The SMILES string of the molecule is O=C1CCC(c2c(F)cc(N3CC(N(C(=O)O)C45CC(C(F)F)(C4)C5)C3)cc2F)C(=O)N1. The van der Waals surface area contributed by atoms with Gasteiger partial charge in [0.15, 0.2) is 0 Å². The van der Waals surface area contributed by atoms with Crippen LogP contribution in [0.5, 0.6) is 0 Å².